The first-order valence-corrected chi connectivity index (χ1v) is 9.17. The molecule has 0 spiro atoms. The lowest BCUT2D eigenvalue weighted by molar-refractivity contribution is -0.117. The second-order valence-electron chi connectivity index (χ2n) is 5.78. The van der Waals surface area contributed by atoms with Crippen molar-refractivity contribution in [2.75, 3.05) is 7.11 Å². The monoisotopic (exact) mass is 364 g/mol. The van der Waals surface area contributed by atoms with E-state index in [0.29, 0.717) is 0 Å². The maximum atomic E-state index is 12.1. The number of carbonyl (C=O) groups is 1. The Morgan fingerprint density at radius 1 is 1.15 bits per heavy atom. The third-order valence-electron chi connectivity index (χ3n) is 3.92. The van der Waals surface area contributed by atoms with Gasteiger partial charge >= 0.3 is 0 Å². The van der Waals surface area contributed by atoms with E-state index in [-0.39, 0.29) is 11.9 Å². The van der Waals surface area contributed by atoms with Crippen LogP contribution in [-0.2, 0) is 4.79 Å². The molecule has 0 bridgehead atoms. The number of aromatic nitrogens is 1. The highest BCUT2D eigenvalue weighted by atomic mass is 32.1. The molecule has 4 nitrogen and oxygen atoms in total. The van der Waals surface area contributed by atoms with E-state index in [2.05, 4.69) is 10.3 Å². The van der Waals surface area contributed by atoms with Gasteiger partial charge in [0.05, 0.1) is 18.8 Å². The highest BCUT2D eigenvalue weighted by Gasteiger charge is 2.07. The Labute approximate surface area is 157 Å². The van der Waals surface area contributed by atoms with Gasteiger partial charge in [-0.1, -0.05) is 30.3 Å². The molecule has 0 aliphatic carbocycles. The second kappa shape index (κ2) is 8.45. The number of rotatable bonds is 6. The van der Waals surface area contributed by atoms with Crippen molar-refractivity contribution >= 4 is 23.3 Å². The molecular formula is C21H20N2O2S. The molecule has 132 valence electrons. The van der Waals surface area contributed by atoms with E-state index >= 15 is 0 Å². The molecule has 1 amide bonds. The van der Waals surface area contributed by atoms with Crippen LogP contribution in [0.5, 0.6) is 5.75 Å². The Bertz CT molecular complexity index is 886. The van der Waals surface area contributed by atoms with Crippen molar-refractivity contribution in [1.29, 1.82) is 0 Å². The predicted molar refractivity (Wildman–Crippen MR) is 106 cm³/mol. The van der Waals surface area contributed by atoms with Crippen LogP contribution >= 0.6 is 11.3 Å². The standard InChI is InChI=1S/C21H20N2O2S/c1-15(16-6-4-3-5-7-16)22-20(24)13-10-18-14-26-21(23-18)17-8-11-19(25-2)12-9-17/h3-15H,1-2H3,(H,22,24)/b13-10+. The SMILES string of the molecule is COc1ccc(-c2nc(/C=C/C(=O)NC(C)c3ccccc3)cs2)cc1. The molecule has 1 atom stereocenters. The van der Waals surface area contributed by atoms with Gasteiger partial charge in [0, 0.05) is 17.0 Å². The highest BCUT2D eigenvalue weighted by Crippen LogP contribution is 2.26. The average Bonchev–Trinajstić information content (AvgIpc) is 3.16. The molecule has 2 aromatic carbocycles. The van der Waals surface area contributed by atoms with E-state index in [1.807, 2.05) is 66.9 Å². The Kier molecular flexibility index (Phi) is 5.81. The number of nitrogens with zero attached hydrogens (tertiary/aromatic N) is 1. The highest BCUT2D eigenvalue weighted by molar-refractivity contribution is 7.13. The fourth-order valence-electron chi connectivity index (χ4n) is 2.48. The van der Waals surface area contributed by atoms with Gasteiger partial charge in [0.25, 0.3) is 0 Å². The van der Waals surface area contributed by atoms with Crippen molar-refractivity contribution in [1.82, 2.24) is 10.3 Å². The van der Waals surface area contributed by atoms with Crippen LogP contribution in [0.4, 0.5) is 0 Å². The quantitative estimate of drug-likeness (QED) is 0.645. The molecule has 0 radical (unpaired) electrons. The van der Waals surface area contributed by atoms with Crippen molar-refractivity contribution in [2.45, 2.75) is 13.0 Å². The maximum Gasteiger partial charge on any atom is 0.244 e. The molecule has 0 fully saturated rings. The zero-order valence-corrected chi connectivity index (χ0v) is 15.5. The number of benzene rings is 2. The number of carbonyl (C=O) groups excluding carboxylic acids is 1. The van der Waals surface area contributed by atoms with Gasteiger partial charge in [0.2, 0.25) is 5.91 Å². The third-order valence-corrected chi connectivity index (χ3v) is 4.83. The first-order valence-electron chi connectivity index (χ1n) is 8.29. The van der Waals surface area contributed by atoms with Crippen LogP contribution in [0.25, 0.3) is 16.6 Å². The van der Waals surface area contributed by atoms with Crippen LogP contribution in [0, 0.1) is 0 Å². The zero-order valence-electron chi connectivity index (χ0n) is 14.7. The number of thiazole rings is 1. The van der Waals surface area contributed by atoms with E-state index in [1.165, 1.54) is 6.08 Å². The summed E-state index contributed by atoms with van der Waals surface area (Å²) in [5, 5.41) is 5.80. The van der Waals surface area contributed by atoms with Gasteiger partial charge in [0.15, 0.2) is 0 Å². The Morgan fingerprint density at radius 3 is 2.58 bits per heavy atom. The van der Waals surface area contributed by atoms with E-state index in [9.17, 15) is 4.79 Å². The summed E-state index contributed by atoms with van der Waals surface area (Å²) in [6.07, 6.45) is 3.25. The summed E-state index contributed by atoms with van der Waals surface area (Å²) >= 11 is 1.54. The molecule has 5 heteroatoms. The van der Waals surface area contributed by atoms with E-state index in [4.69, 9.17) is 4.74 Å². The Balaban J connectivity index is 1.61. The Hall–Kier alpha value is -2.92. The molecule has 0 aliphatic heterocycles. The normalized spacial score (nSPS) is 12.1. The summed E-state index contributed by atoms with van der Waals surface area (Å²) in [7, 11) is 1.64. The van der Waals surface area contributed by atoms with E-state index in [1.54, 1.807) is 24.5 Å². The molecule has 1 heterocycles. The fourth-order valence-corrected chi connectivity index (χ4v) is 3.27. The summed E-state index contributed by atoms with van der Waals surface area (Å²) in [6.45, 7) is 1.96. The van der Waals surface area contributed by atoms with Crippen LogP contribution in [0.1, 0.15) is 24.2 Å². The topological polar surface area (TPSA) is 51.2 Å². The molecule has 0 aliphatic rings. The van der Waals surface area contributed by atoms with E-state index < -0.39 is 0 Å². The lowest BCUT2D eigenvalue weighted by Gasteiger charge is -2.12. The average molecular weight is 364 g/mol. The van der Waals surface area contributed by atoms with Crippen LogP contribution < -0.4 is 10.1 Å². The number of amides is 1. The molecular weight excluding hydrogens is 344 g/mol. The summed E-state index contributed by atoms with van der Waals surface area (Å²) < 4.78 is 5.17. The van der Waals surface area contributed by atoms with Gasteiger partial charge in [-0.25, -0.2) is 4.98 Å². The number of hydrogen-bond acceptors (Lipinski definition) is 4. The minimum absolute atomic E-state index is 0.0429. The van der Waals surface area contributed by atoms with Gasteiger partial charge in [0.1, 0.15) is 10.8 Å². The van der Waals surface area contributed by atoms with Gasteiger partial charge in [-0.3, -0.25) is 4.79 Å². The fraction of sp³-hybridized carbons (Fsp3) is 0.143. The summed E-state index contributed by atoms with van der Waals surface area (Å²) in [5.41, 5.74) is 2.87. The number of ether oxygens (including phenoxy) is 1. The van der Waals surface area contributed by atoms with Gasteiger partial charge in [-0.05, 0) is 42.8 Å². The van der Waals surface area contributed by atoms with Crippen LogP contribution in [-0.4, -0.2) is 18.0 Å². The Morgan fingerprint density at radius 2 is 1.88 bits per heavy atom. The first-order chi connectivity index (χ1) is 12.7. The van der Waals surface area contributed by atoms with E-state index in [0.717, 1.165) is 27.6 Å². The van der Waals surface area contributed by atoms with Gasteiger partial charge in [-0.15, -0.1) is 11.3 Å². The van der Waals surface area contributed by atoms with Crippen molar-refractivity contribution in [2.24, 2.45) is 0 Å². The van der Waals surface area contributed by atoms with Crippen molar-refractivity contribution in [3.63, 3.8) is 0 Å². The van der Waals surface area contributed by atoms with Gasteiger partial charge < -0.3 is 10.1 Å². The minimum atomic E-state index is -0.139. The first kappa shape index (κ1) is 17.9. The molecule has 0 saturated carbocycles. The van der Waals surface area contributed by atoms with Crippen molar-refractivity contribution < 1.29 is 9.53 Å². The van der Waals surface area contributed by atoms with Gasteiger partial charge in [-0.2, -0.15) is 0 Å². The molecule has 3 rings (SSSR count). The summed E-state index contributed by atoms with van der Waals surface area (Å²) in [6, 6.07) is 17.6. The summed E-state index contributed by atoms with van der Waals surface area (Å²) in [4.78, 5) is 16.7. The minimum Gasteiger partial charge on any atom is -0.497 e. The largest absolute Gasteiger partial charge is 0.497 e. The molecule has 1 unspecified atom stereocenters. The molecule has 1 aromatic heterocycles. The van der Waals surface area contributed by atoms with Crippen LogP contribution in [0.15, 0.2) is 66.1 Å². The number of hydrogen-bond donors (Lipinski definition) is 1. The van der Waals surface area contributed by atoms with Crippen molar-refractivity contribution in [3.8, 4) is 16.3 Å². The molecule has 3 aromatic rings. The van der Waals surface area contributed by atoms with Crippen molar-refractivity contribution in [3.05, 3.63) is 77.3 Å². The molecule has 26 heavy (non-hydrogen) atoms. The van der Waals surface area contributed by atoms with Crippen LogP contribution in [0.3, 0.4) is 0 Å². The third kappa shape index (κ3) is 4.58. The predicted octanol–water partition coefficient (Wildman–Crippen LogP) is 4.71. The number of methoxy groups -OCH3 is 1. The molecule has 1 N–H and O–H groups in total. The summed E-state index contributed by atoms with van der Waals surface area (Å²) in [5.74, 6) is 0.676. The lowest BCUT2D eigenvalue weighted by atomic mass is 10.1. The number of nitrogens with one attached hydrogen (secondary N) is 1. The van der Waals surface area contributed by atoms with Crippen LogP contribution in [0.2, 0.25) is 0 Å². The zero-order chi connectivity index (χ0) is 18.4. The second-order valence-corrected chi connectivity index (χ2v) is 6.64. The maximum absolute atomic E-state index is 12.1. The lowest BCUT2D eigenvalue weighted by Crippen LogP contribution is -2.24. The molecule has 0 saturated heterocycles. The smallest absolute Gasteiger partial charge is 0.244 e.